The van der Waals surface area contributed by atoms with Crippen LogP contribution >= 0.6 is 11.6 Å². The predicted octanol–water partition coefficient (Wildman–Crippen LogP) is 3.82. The minimum absolute atomic E-state index is 0.144. The Bertz CT molecular complexity index is 520. The molecule has 0 aromatic heterocycles. The van der Waals surface area contributed by atoms with E-state index in [4.69, 9.17) is 11.6 Å². The first-order valence-electron chi connectivity index (χ1n) is 7.80. The maximum absolute atomic E-state index is 12.2. The summed E-state index contributed by atoms with van der Waals surface area (Å²) in [6, 6.07) is 6.87. The fourth-order valence-corrected chi connectivity index (χ4v) is 4.12. The van der Waals surface area contributed by atoms with Crippen LogP contribution < -0.4 is 5.32 Å². The smallest absolute Gasteiger partial charge is 0.179 e. The van der Waals surface area contributed by atoms with Gasteiger partial charge in [-0.2, -0.15) is 0 Å². The van der Waals surface area contributed by atoms with Crippen molar-refractivity contribution in [3.8, 4) is 0 Å². The predicted molar refractivity (Wildman–Crippen MR) is 87.6 cm³/mol. The molecule has 0 spiro atoms. The molecule has 1 aliphatic rings. The average Bonchev–Trinajstić information content (AvgIpc) is 2.41. The van der Waals surface area contributed by atoms with Crippen molar-refractivity contribution in [3.05, 3.63) is 29.3 Å². The average molecular weight is 330 g/mol. The standard InChI is InChI=1S/C16H24ClNO2S/c17-14-8-10-16(11-9-14)21(19,20)13-12-18-15-6-4-2-1-3-5-7-15/h8-11,15,18H,1-7,12-13H2. The summed E-state index contributed by atoms with van der Waals surface area (Å²) in [6.45, 7) is 0.523. The zero-order valence-corrected chi connectivity index (χ0v) is 13.9. The van der Waals surface area contributed by atoms with E-state index in [1.807, 2.05) is 0 Å². The Morgan fingerprint density at radius 3 is 2.19 bits per heavy atom. The molecule has 0 heterocycles. The Balaban J connectivity index is 1.82. The summed E-state index contributed by atoms with van der Waals surface area (Å²) in [5.74, 6) is 0.144. The molecule has 0 unspecified atom stereocenters. The van der Waals surface area contributed by atoms with Gasteiger partial charge < -0.3 is 5.32 Å². The quantitative estimate of drug-likeness (QED) is 0.893. The van der Waals surface area contributed by atoms with Gasteiger partial charge in [-0.3, -0.25) is 0 Å². The highest BCUT2D eigenvalue weighted by molar-refractivity contribution is 7.91. The van der Waals surface area contributed by atoms with E-state index in [0.29, 0.717) is 22.5 Å². The van der Waals surface area contributed by atoms with Crippen molar-refractivity contribution in [1.82, 2.24) is 5.32 Å². The van der Waals surface area contributed by atoms with Crippen LogP contribution in [0.3, 0.4) is 0 Å². The van der Waals surface area contributed by atoms with Crippen molar-refractivity contribution in [3.63, 3.8) is 0 Å². The van der Waals surface area contributed by atoms with Crippen LogP contribution in [0, 0.1) is 0 Å². The van der Waals surface area contributed by atoms with E-state index in [-0.39, 0.29) is 5.75 Å². The summed E-state index contributed by atoms with van der Waals surface area (Å²) in [7, 11) is -3.22. The fourth-order valence-electron chi connectivity index (χ4n) is 2.82. The molecular formula is C16H24ClNO2S. The Hall–Kier alpha value is -0.580. The number of rotatable bonds is 5. The van der Waals surface area contributed by atoms with Crippen LogP contribution in [0.25, 0.3) is 0 Å². The Kier molecular flexibility index (Phi) is 6.52. The minimum Gasteiger partial charge on any atom is -0.313 e. The normalized spacial score (nSPS) is 18.1. The van der Waals surface area contributed by atoms with Crippen molar-refractivity contribution in [2.45, 2.75) is 55.9 Å². The molecular weight excluding hydrogens is 306 g/mol. The summed E-state index contributed by atoms with van der Waals surface area (Å²) < 4.78 is 24.4. The lowest BCUT2D eigenvalue weighted by Gasteiger charge is -2.21. The monoisotopic (exact) mass is 329 g/mol. The van der Waals surface area contributed by atoms with Crippen LogP contribution in [0.15, 0.2) is 29.2 Å². The number of hydrogen-bond donors (Lipinski definition) is 1. The second-order valence-electron chi connectivity index (χ2n) is 5.77. The molecule has 1 aliphatic carbocycles. The zero-order chi connectivity index (χ0) is 15.1. The summed E-state index contributed by atoms with van der Waals surface area (Å²) in [6.07, 6.45) is 8.80. The van der Waals surface area contributed by atoms with Gasteiger partial charge in [0.1, 0.15) is 0 Å². The third-order valence-electron chi connectivity index (χ3n) is 4.08. The van der Waals surface area contributed by atoms with Crippen LogP contribution in [-0.4, -0.2) is 26.8 Å². The summed E-state index contributed by atoms with van der Waals surface area (Å²) in [4.78, 5) is 0.353. The molecule has 21 heavy (non-hydrogen) atoms. The number of benzene rings is 1. The van der Waals surface area contributed by atoms with E-state index in [2.05, 4.69) is 5.32 Å². The SMILES string of the molecule is O=S(=O)(CCNC1CCCCCCC1)c1ccc(Cl)cc1. The van der Waals surface area contributed by atoms with Crippen molar-refractivity contribution < 1.29 is 8.42 Å². The summed E-state index contributed by atoms with van der Waals surface area (Å²) >= 11 is 5.79. The second kappa shape index (κ2) is 8.16. The van der Waals surface area contributed by atoms with Crippen molar-refractivity contribution in [2.75, 3.05) is 12.3 Å². The van der Waals surface area contributed by atoms with Crippen LogP contribution in [0.1, 0.15) is 44.9 Å². The molecule has 3 nitrogen and oxygen atoms in total. The van der Waals surface area contributed by atoms with E-state index >= 15 is 0 Å². The molecule has 0 saturated heterocycles. The first kappa shape index (κ1) is 16.8. The lowest BCUT2D eigenvalue weighted by Crippen LogP contribution is -2.33. The highest BCUT2D eigenvalue weighted by Gasteiger charge is 2.16. The molecule has 1 N–H and O–H groups in total. The highest BCUT2D eigenvalue weighted by atomic mass is 35.5. The molecule has 2 rings (SSSR count). The maximum atomic E-state index is 12.2. The van der Waals surface area contributed by atoms with Gasteiger partial charge in [-0.15, -0.1) is 0 Å². The molecule has 1 aromatic carbocycles. The number of nitrogens with one attached hydrogen (secondary N) is 1. The van der Waals surface area contributed by atoms with Crippen LogP contribution in [0.5, 0.6) is 0 Å². The molecule has 0 radical (unpaired) electrons. The topological polar surface area (TPSA) is 46.2 Å². The molecule has 1 saturated carbocycles. The van der Waals surface area contributed by atoms with Gasteiger partial charge in [-0.05, 0) is 37.1 Å². The fraction of sp³-hybridized carbons (Fsp3) is 0.625. The number of sulfone groups is 1. The molecule has 0 bridgehead atoms. The molecule has 118 valence electrons. The van der Waals surface area contributed by atoms with Crippen LogP contribution in [-0.2, 0) is 9.84 Å². The third-order valence-corrected chi connectivity index (χ3v) is 6.07. The Morgan fingerprint density at radius 1 is 1.00 bits per heavy atom. The van der Waals surface area contributed by atoms with Gasteiger partial charge in [-0.25, -0.2) is 8.42 Å². The van der Waals surface area contributed by atoms with Gasteiger partial charge in [0.05, 0.1) is 10.6 Å². The van der Waals surface area contributed by atoms with Crippen molar-refractivity contribution >= 4 is 21.4 Å². The maximum Gasteiger partial charge on any atom is 0.179 e. The van der Waals surface area contributed by atoms with E-state index in [1.165, 1.54) is 44.9 Å². The van der Waals surface area contributed by atoms with Gasteiger partial charge in [0.25, 0.3) is 0 Å². The van der Waals surface area contributed by atoms with E-state index in [0.717, 1.165) is 0 Å². The molecule has 1 aromatic rings. The van der Waals surface area contributed by atoms with Crippen LogP contribution in [0.4, 0.5) is 0 Å². The number of halogens is 1. The zero-order valence-electron chi connectivity index (χ0n) is 12.4. The van der Waals surface area contributed by atoms with Gasteiger partial charge in [0.15, 0.2) is 9.84 Å². The molecule has 0 aliphatic heterocycles. The first-order chi connectivity index (χ1) is 10.1. The summed E-state index contributed by atoms with van der Waals surface area (Å²) in [5, 5.41) is 3.98. The Labute approximate surface area is 133 Å². The van der Waals surface area contributed by atoms with Gasteiger partial charge >= 0.3 is 0 Å². The minimum atomic E-state index is -3.22. The molecule has 0 amide bonds. The van der Waals surface area contributed by atoms with Crippen molar-refractivity contribution in [2.24, 2.45) is 0 Å². The first-order valence-corrected chi connectivity index (χ1v) is 9.83. The second-order valence-corrected chi connectivity index (χ2v) is 8.31. The van der Waals surface area contributed by atoms with Gasteiger partial charge in [0.2, 0.25) is 0 Å². The molecule has 5 heteroatoms. The van der Waals surface area contributed by atoms with Gasteiger partial charge in [-0.1, -0.05) is 43.7 Å². The van der Waals surface area contributed by atoms with Crippen molar-refractivity contribution in [1.29, 1.82) is 0 Å². The van der Waals surface area contributed by atoms with E-state index < -0.39 is 9.84 Å². The summed E-state index contributed by atoms with van der Waals surface area (Å²) in [5.41, 5.74) is 0. The molecule has 1 fully saturated rings. The lowest BCUT2D eigenvalue weighted by atomic mass is 9.97. The van der Waals surface area contributed by atoms with Gasteiger partial charge in [0, 0.05) is 17.6 Å². The van der Waals surface area contributed by atoms with E-state index in [9.17, 15) is 8.42 Å². The van der Waals surface area contributed by atoms with E-state index in [1.54, 1.807) is 24.3 Å². The molecule has 0 atom stereocenters. The highest BCUT2D eigenvalue weighted by Crippen LogP contribution is 2.18. The Morgan fingerprint density at radius 2 is 1.57 bits per heavy atom. The van der Waals surface area contributed by atoms with Crippen LogP contribution in [0.2, 0.25) is 5.02 Å². The largest absolute Gasteiger partial charge is 0.313 e. The lowest BCUT2D eigenvalue weighted by molar-refractivity contribution is 0.396. The number of hydrogen-bond acceptors (Lipinski definition) is 3. The third kappa shape index (κ3) is 5.61.